The van der Waals surface area contributed by atoms with Crippen molar-refractivity contribution < 1.29 is 28.7 Å². The number of fused-ring (bicyclic) bond motifs is 6. The molecule has 0 fully saturated rings. The topological polar surface area (TPSA) is 221 Å². The Morgan fingerprint density at radius 2 is 1.08 bits per heavy atom. The summed E-state index contributed by atoms with van der Waals surface area (Å²) in [4.78, 5) is 62.7. The van der Waals surface area contributed by atoms with E-state index in [0.29, 0.717) is 77.2 Å². The number of rotatable bonds is 22. The highest BCUT2D eigenvalue weighted by Gasteiger charge is 2.32. The predicted octanol–water partition coefficient (Wildman–Crippen LogP) is 6.93. The number of amides is 4. The smallest absolute Gasteiger partial charge is 0.230 e. The summed E-state index contributed by atoms with van der Waals surface area (Å²) < 4.78 is 15.0. The quantitative estimate of drug-likeness (QED) is 0.0404. The number of nitrogens with zero attached hydrogens (tertiary/aromatic N) is 8. The molecule has 4 heterocycles. The molecule has 0 saturated carbocycles. The van der Waals surface area contributed by atoms with E-state index in [1.165, 1.54) is 11.8 Å². The van der Waals surface area contributed by atoms with Gasteiger partial charge in [-0.1, -0.05) is 48.7 Å². The molecule has 2 aliphatic rings. The van der Waals surface area contributed by atoms with Gasteiger partial charge in [-0.3, -0.25) is 38.3 Å². The lowest BCUT2D eigenvalue weighted by Crippen LogP contribution is -2.35. The van der Waals surface area contributed by atoms with E-state index in [-0.39, 0.29) is 55.3 Å². The molecular weight excluding hydrogens is 968 g/mol. The number of aliphatic imine (C=N–C) groups is 2. The summed E-state index contributed by atoms with van der Waals surface area (Å²) in [5.74, 6) is 3.55. The number of halogens is 1. The molecule has 73 heavy (non-hydrogen) atoms. The van der Waals surface area contributed by atoms with E-state index in [1.807, 2.05) is 103 Å². The van der Waals surface area contributed by atoms with E-state index < -0.39 is 12.1 Å². The number of carbonyl (C=O) groups is 4. The van der Waals surface area contributed by atoms with Gasteiger partial charge in [0.2, 0.25) is 23.6 Å². The molecule has 0 radical (unpaired) electrons. The molecule has 0 spiro atoms. The maximum absolute atomic E-state index is 13.3. The fourth-order valence-electron chi connectivity index (χ4n) is 8.83. The third-order valence-electron chi connectivity index (χ3n) is 12.4. The predicted molar refractivity (Wildman–Crippen MR) is 281 cm³/mol. The fourth-order valence-corrected chi connectivity index (χ4v) is 9.69. The number of hydrogen-bond donors (Lipinski definition) is 4. The van der Waals surface area contributed by atoms with Crippen LogP contribution in [0.3, 0.4) is 0 Å². The van der Waals surface area contributed by atoms with E-state index >= 15 is 0 Å². The number of nitrogens with one attached hydrogen (secondary N) is 4. The first kappa shape index (κ1) is 52.0. The zero-order valence-corrected chi connectivity index (χ0v) is 43.1. The first-order valence-electron chi connectivity index (χ1n) is 24.4. The number of carbonyl (C=O) groups excluding carboxylic acids is 4. The lowest BCUT2D eigenvalue weighted by atomic mass is 10.00. The largest absolute Gasteiger partial charge is 0.497 e. The zero-order valence-electron chi connectivity index (χ0n) is 41.5. The van der Waals surface area contributed by atoms with Crippen molar-refractivity contribution in [3.8, 4) is 22.9 Å². The van der Waals surface area contributed by atoms with Crippen molar-refractivity contribution in [1.82, 2.24) is 50.8 Å². The Kier molecular flexibility index (Phi) is 17.3. The zero-order chi connectivity index (χ0) is 51.4. The number of aryl methyl sites for hydroxylation is 2. The molecule has 6 aromatic rings. The monoisotopic (exact) mass is 1030 g/mol. The maximum Gasteiger partial charge on any atom is 0.230 e. The van der Waals surface area contributed by atoms with Crippen LogP contribution in [0, 0.1) is 13.8 Å². The average Bonchev–Trinajstić information content (AvgIpc) is 3.90. The van der Waals surface area contributed by atoms with E-state index in [2.05, 4.69) is 41.7 Å². The van der Waals surface area contributed by atoms with Crippen LogP contribution >= 0.6 is 23.4 Å². The number of unbranched alkanes of at least 4 members (excludes halogenated alkanes) is 3. The summed E-state index contributed by atoms with van der Waals surface area (Å²) in [6.45, 7) is 7.22. The number of benzene rings is 4. The van der Waals surface area contributed by atoms with Crippen LogP contribution in [0.4, 0.5) is 0 Å². The van der Waals surface area contributed by atoms with Gasteiger partial charge in [0, 0.05) is 64.8 Å². The van der Waals surface area contributed by atoms with Crippen molar-refractivity contribution >= 4 is 58.4 Å². The number of aromatic nitrogens is 6. The van der Waals surface area contributed by atoms with Gasteiger partial charge >= 0.3 is 0 Å². The SMILES string of the molecule is CCNC(=O)CC1N=C(c2ccc(SCC(=O)NCCCCCCC(=O)NCCNC(=O)CC3N=C(c4ccc(Cl)cc4)c4cc(OC)ccc4-n4c(C)nnc43)cc2)c2cc(OC)ccc2-n2c(C)nnc21. The minimum atomic E-state index is -0.643. The average molecular weight is 1030 g/mol. The van der Waals surface area contributed by atoms with Crippen molar-refractivity contribution in [1.29, 1.82) is 0 Å². The van der Waals surface area contributed by atoms with Gasteiger partial charge in [0.1, 0.15) is 35.2 Å². The van der Waals surface area contributed by atoms with Crippen molar-refractivity contribution in [3.63, 3.8) is 0 Å². The third kappa shape index (κ3) is 12.6. The highest BCUT2D eigenvalue weighted by Crippen LogP contribution is 2.36. The lowest BCUT2D eigenvalue weighted by molar-refractivity contribution is -0.123. The second kappa shape index (κ2) is 24.4. The van der Waals surface area contributed by atoms with Gasteiger partial charge in [0.25, 0.3) is 0 Å². The molecule has 380 valence electrons. The fraction of sp³-hybridized carbons (Fsp3) is 0.358. The molecule has 2 aliphatic heterocycles. The molecule has 8 rings (SSSR count). The Labute approximate surface area is 433 Å². The summed E-state index contributed by atoms with van der Waals surface area (Å²) in [5, 5.41) is 29.9. The second-order valence-corrected chi connectivity index (χ2v) is 19.0. The normalized spacial score (nSPS) is 14.4. The minimum absolute atomic E-state index is 0.0172. The number of ether oxygens (including phenoxy) is 2. The molecule has 2 atom stereocenters. The minimum Gasteiger partial charge on any atom is -0.497 e. The van der Waals surface area contributed by atoms with Crippen LogP contribution < -0.4 is 30.7 Å². The molecule has 2 aromatic heterocycles. The van der Waals surface area contributed by atoms with Crippen LogP contribution in [-0.4, -0.2) is 111 Å². The van der Waals surface area contributed by atoms with Crippen molar-refractivity contribution in [2.24, 2.45) is 9.98 Å². The van der Waals surface area contributed by atoms with Gasteiger partial charge in [0.05, 0.1) is 55.6 Å². The molecule has 0 bridgehead atoms. The molecule has 4 aromatic carbocycles. The Morgan fingerprint density at radius 1 is 0.589 bits per heavy atom. The molecule has 18 nitrogen and oxygen atoms in total. The number of hydrogen-bond acceptors (Lipinski definition) is 13. The van der Waals surface area contributed by atoms with Crippen molar-refractivity contribution in [2.45, 2.75) is 82.7 Å². The Balaban J connectivity index is 0.744. The van der Waals surface area contributed by atoms with Crippen molar-refractivity contribution in [2.75, 3.05) is 46.2 Å². The van der Waals surface area contributed by atoms with Crippen LogP contribution in [0.2, 0.25) is 5.02 Å². The summed E-state index contributed by atoms with van der Waals surface area (Å²) >= 11 is 7.67. The Bertz CT molecular complexity index is 3030. The molecule has 2 unspecified atom stereocenters. The molecule has 0 saturated heterocycles. The first-order chi connectivity index (χ1) is 35.4. The second-order valence-electron chi connectivity index (χ2n) is 17.5. The standard InChI is InChI=1S/C53H59ClN12O6S/c1-6-55-47(68)29-42-52-63-61-32(2)65(52)45-23-19-38(72-5)28-41(45)51(59-42)35-14-20-39(21-15-35)73-31-49(70)56-24-10-8-7-9-11-46(67)57-25-26-58-48(69)30-43-53-64-62-33(3)66(53)44-22-18-37(71-4)27-40(44)50(60-43)34-12-16-36(54)17-13-34/h12-23,27-28,42-43H,6-11,24-26,29-31H2,1-5H3,(H,55,68)(H,56,70)(H,57,67)(H,58,69). The van der Waals surface area contributed by atoms with E-state index in [4.69, 9.17) is 31.1 Å². The van der Waals surface area contributed by atoms with Crippen molar-refractivity contribution in [3.05, 3.63) is 136 Å². The Hall–Kier alpha value is -7.38. The van der Waals surface area contributed by atoms with Gasteiger partial charge in [-0.25, -0.2) is 0 Å². The Morgan fingerprint density at radius 3 is 1.62 bits per heavy atom. The first-order valence-corrected chi connectivity index (χ1v) is 25.7. The van der Waals surface area contributed by atoms with E-state index in [0.717, 1.165) is 57.8 Å². The highest BCUT2D eigenvalue weighted by atomic mass is 35.5. The van der Waals surface area contributed by atoms with Gasteiger partial charge in [-0.2, -0.15) is 0 Å². The van der Waals surface area contributed by atoms with Crippen LogP contribution in [-0.2, 0) is 19.2 Å². The summed E-state index contributed by atoms with van der Waals surface area (Å²) in [7, 11) is 3.23. The van der Waals surface area contributed by atoms with E-state index in [1.54, 1.807) is 26.4 Å². The van der Waals surface area contributed by atoms with Gasteiger partial charge in [-0.15, -0.1) is 32.2 Å². The van der Waals surface area contributed by atoms with Gasteiger partial charge in [-0.05, 0) is 94.3 Å². The van der Waals surface area contributed by atoms with Crippen LogP contribution in [0.15, 0.2) is 99.8 Å². The molecular formula is C53H59ClN12O6S. The van der Waals surface area contributed by atoms with Crippen LogP contribution in [0.25, 0.3) is 11.4 Å². The summed E-state index contributed by atoms with van der Waals surface area (Å²) in [6.07, 6.45) is 3.72. The lowest BCUT2D eigenvalue weighted by Gasteiger charge is -2.14. The molecule has 4 N–H and O–H groups in total. The van der Waals surface area contributed by atoms with Crippen LogP contribution in [0.5, 0.6) is 11.5 Å². The number of methoxy groups -OCH3 is 2. The summed E-state index contributed by atoms with van der Waals surface area (Å²) in [5.41, 5.74) is 6.34. The molecule has 20 heteroatoms. The molecule has 4 amide bonds. The van der Waals surface area contributed by atoms with Crippen LogP contribution in [0.1, 0.15) is 110 Å². The van der Waals surface area contributed by atoms with E-state index in [9.17, 15) is 19.2 Å². The van der Waals surface area contributed by atoms with Gasteiger partial charge < -0.3 is 30.7 Å². The summed E-state index contributed by atoms with van der Waals surface area (Å²) in [6, 6.07) is 25.6. The molecule has 0 aliphatic carbocycles. The number of thioether (sulfide) groups is 1. The third-order valence-corrected chi connectivity index (χ3v) is 13.7. The maximum atomic E-state index is 13.3. The highest BCUT2D eigenvalue weighted by molar-refractivity contribution is 8.00. The van der Waals surface area contributed by atoms with Gasteiger partial charge in [0.15, 0.2) is 11.6 Å².